The Hall–Kier alpha value is -2.64. The molecule has 4 amide bonds. The van der Waals surface area contributed by atoms with E-state index in [1.165, 1.54) is 0 Å². The maximum Gasteiger partial charge on any atom is 0.242 e. The standard InChI is InChI=1S/C40H72N4O17/c1-24-19-25(21-45)44(20-24)31(50)14-3-2-7-16-42-38(57)26(43-30(49)13-6-10-18-59-40-37(56)35(54)33(52)28(23-47)61-40)11-4-8-15-41-29(48)12-5-9-17-58-39-36(55)34(53)32(51)27(22-46)60-39/h24-28,32-37,39-40,45-47,51-56H,2-23H2,1H3,(H,41,48)(H,42,57)(H,43,49)/t24-,25+,26?,27?,28?,32?,33?,34?,35?,36?,37?,39?,40?/m1/s1. The predicted molar refractivity (Wildman–Crippen MR) is 214 cm³/mol. The number of aliphatic hydroxyl groups excluding tert-OH is 9. The molecule has 3 fully saturated rings. The van der Waals surface area contributed by atoms with Gasteiger partial charge in [0.2, 0.25) is 23.6 Å². The highest BCUT2D eigenvalue weighted by atomic mass is 16.7. The molecule has 0 spiro atoms. The minimum absolute atomic E-state index is 0.0200. The van der Waals surface area contributed by atoms with E-state index in [-0.39, 0.29) is 62.3 Å². The molecule has 0 aromatic carbocycles. The molecule has 11 unspecified atom stereocenters. The van der Waals surface area contributed by atoms with E-state index in [1.54, 1.807) is 4.90 Å². The molecule has 0 radical (unpaired) electrons. The van der Waals surface area contributed by atoms with Gasteiger partial charge in [-0.25, -0.2) is 0 Å². The van der Waals surface area contributed by atoms with Crippen molar-refractivity contribution in [3.05, 3.63) is 0 Å². The van der Waals surface area contributed by atoms with Crippen LogP contribution in [0.2, 0.25) is 0 Å². The normalized spacial score (nSPS) is 30.8. The second-order valence-electron chi connectivity index (χ2n) is 16.3. The van der Waals surface area contributed by atoms with Crippen LogP contribution in [-0.4, -0.2) is 201 Å². The van der Waals surface area contributed by atoms with Crippen molar-refractivity contribution in [2.45, 2.75) is 170 Å². The molecule has 61 heavy (non-hydrogen) atoms. The van der Waals surface area contributed by atoms with E-state index in [0.717, 1.165) is 6.42 Å². The number of hydrogen-bond donors (Lipinski definition) is 12. The van der Waals surface area contributed by atoms with Crippen LogP contribution in [0.15, 0.2) is 0 Å². The average molecular weight is 881 g/mol. The average Bonchev–Trinajstić information content (AvgIpc) is 3.64. The maximum atomic E-state index is 13.2. The van der Waals surface area contributed by atoms with Gasteiger partial charge in [0.05, 0.1) is 25.9 Å². The Morgan fingerprint density at radius 3 is 1.70 bits per heavy atom. The van der Waals surface area contributed by atoms with Gasteiger partial charge in [0.25, 0.3) is 0 Å². The Morgan fingerprint density at radius 2 is 1.15 bits per heavy atom. The minimum atomic E-state index is -1.57. The first-order chi connectivity index (χ1) is 29.2. The van der Waals surface area contributed by atoms with Crippen LogP contribution in [0.5, 0.6) is 0 Å². The van der Waals surface area contributed by atoms with Gasteiger partial charge in [-0.3, -0.25) is 19.2 Å². The van der Waals surface area contributed by atoms with Gasteiger partial charge < -0.3 is 85.8 Å². The Balaban J connectivity index is 1.36. The van der Waals surface area contributed by atoms with Gasteiger partial charge >= 0.3 is 0 Å². The maximum absolute atomic E-state index is 13.2. The highest BCUT2D eigenvalue weighted by Crippen LogP contribution is 2.25. The number of likely N-dealkylation sites (tertiary alicyclic amines) is 1. The smallest absolute Gasteiger partial charge is 0.242 e. The molecule has 3 aliphatic heterocycles. The third-order valence-electron chi connectivity index (χ3n) is 11.3. The summed E-state index contributed by atoms with van der Waals surface area (Å²) < 4.78 is 21.6. The van der Waals surface area contributed by atoms with E-state index < -0.39 is 80.7 Å². The molecule has 3 saturated heterocycles. The van der Waals surface area contributed by atoms with Crippen molar-refractivity contribution in [1.82, 2.24) is 20.9 Å². The largest absolute Gasteiger partial charge is 0.394 e. The number of nitrogens with zero attached hydrogens (tertiary/aromatic N) is 1. The molecular formula is C40H72N4O17. The van der Waals surface area contributed by atoms with Crippen LogP contribution < -0.4 is 16.0 Å². The quantitative estimate of drug-likeness (QED) is 0.0342. The van der Waals surface area contributed by atoms with E-state index in [4.69, 9.17) is 18.9 Å². The molecule has 0 aromatic rings. The summed E-state index contributed by atoms with van der Waals surface area (Å²) in [7, 11) is 0. The molecular weight excluding hydrogens is 808 g/mol. The Morgan fingerprint density at radius 1 is 0.623 bits per heavy atom. The SMILES string of the molecule is C[C@@H]1C[C@@H](CO)N(C(=O)CCCCCNC(=O)C(CCCCNC(=O)CCCCOC2OC(CO)C(O)C(O)C2O)NC(=O)CCCCOC2OC(CO)C(O)C(O)C2O)C1. The first kappa shape index (κ1) is 52.7. The summed E-state index contributed by atoms with van der Waals surface area (Å²) in [6.07, 6.45) is -7.49. The molecule has 13 atom stereocenters. The van der Waals surface area contributed by atoms with Gasteiger partial charge in [0.15, 0.2) is 12.6 Å². The number of aliphatic hydroxyl groups is 9. The number of carbonyl (C=O) groups excluding carboxylic acids is 4. The summed E-state index contributed by atoms with van der Waals surface area (Å²) in [6.45, 7) is 2.33. The van der Waals surface area contributed by atoms with Crippen LogP contribution in [0.4, 0.5) is 0 Å². The van der Waals surface area contributed by atoms with Gasteiger partial charge in [-0.2, -0.15) is 0 Å². The molecule has 0 aromatic heterocycles. The second kappa shape index (κ2) is 28.2. The zero-order valence-electron chi connectivity index (χ0n) is 35.3. The third-order valence-corrected chi connectivity index (χ3v) is 11.3. The zero-order valence-corrected chi connectivity index (χ0v) is 35.3. The highest BCUT2D eigenvalue weighted by molar-refractivity contribution is 5.87. The Bertz CT molecular complexity index is 1300. The lowest BCUT2D eigenvalue weighted by Crippen LogP contribution is -2.59. The monoisotopic (exact) mass is 880 g/mol. The van der Waals surface area contributed by atoms with Gasteiger partial charge in [-0.1, -0.05) is 13.3 Å². The van der Waals surface area contributed by atoms with Crippen LogP contribution in [0.1, 0.15) is 96.8 Å². The van der Waals surface area contributed by atoms with E-state index in [1.807, 2.05) is 0 Å². The highest BCUT2D eigenvalue weighted by Gasteiger charge is 2.45. The lowest BCUT2D eigenvalue weighted by atomic mass is 9.99. The fourth-order valence-corrected chi connectivity index (χ4v) is 7.60. The fourth-order valence-electron chi connectivity index (χ4n) is 7.60. The van der Waals surface area contributed by atoms with Crippen molar-refractivity contribution in [1.29, 1.82) is 0 Å². The van der Waals surface area contributed by atoms with Crippen molar-refractivity contribution < 1.29 is 84.1 Å². The van der Waals surface area contributed by atoms with Gasteiger partial charge in [-0.05, 0) is 70.1 Å². The van der Waals surface area contributed by atoms with Gasteiger partial charge in [-0.15, -0.1) is 0 Å². The van der Waals surface area contributed by atoms with Gasteiger partial charge in [0.1, 0.15) is 54.9 Å². The minimum Gasteiger partial charge on any atom is -0.394 e. The molecule has 0 saturated carbocycles. The van der Waals surface area contributed by atoms with Crippen molar-refractivity contribution in [2.75, 3.05) is 52.7 Å². The van der Waals surface area contributed by atoms with Crippen molar-refractivity contribution >= 4 is 23.6 Å². The van der Waals surface area contributed by atoms with E-state index >= 15 is 0 Å². The summed E-state index contributed by atoms with van der Waals surface area (Å²) in [6, 6.07) is -0.977. The van der Waals surface area contributed by atoms with Crippen molar-refractivity contribution in [2.24, 2.45) is 5.92 Å². The molecule has 12 N–H and O–H groups in total. The summed E-state index contributed by atoms with van der Waals surface area (Å²) in [4.78, 5) is 53.0. The van der Waals surface area contributed by atoms with E-state index in [0.29, 0.717) is 96.2 Å². The van der Waals surface area contributed by atoms with Crippen LogP contribution in [-0.2, 0) is 38.1 Å². The number of hydrogen-bond acceptors (Lipinski definition) is 17. The summed E-state index contributed by atoms with van der Waals surface area (Å²) in [5.41, 5.74) is 0. The topological polar surface area (TPSA) is 327 Å². The number of ether oxygens (including phenoxy) is 4. The first-order valence-corrected chi connectivity index (χ1v) is 21.8. The second-order valence-corrected chi connectivity index (χ2v) is 16.3. The molecule has 0 aliphatic carbocycles. The summed E-state index contributed by atoms with van der Waals surface area (Å²) >= 11 is 0. The number of carbonyl (C=O) groups is 4. The number of unbranched alkanes of at least 4 members (excludes halogenated alkanes) is 5. The van der Waals surface area contributed by atoms with Crippen LogP contribution in [0, 0.1) is 5.92 Å². The van der Waals surface area contributed by atoms with Crippen molar-refractivity contribution in [3.8, 4) is 0 Å². The van der Waals surface area contributed by atoms with Crippen LogP contribution in [0.3, 0.4) is 0 Å². The summed E-state index contributed by atoms with van der Waals surface area (Å²) in [5.74, 6) is -0.554. The van der Waals surface area contributed by atoms with Crippen LogP contribution >= 0.6 is 0 Å². The molecule has 354 valence electrons. The number of rotatable bonds is 28. The van der Waals surface area contributed by atoms with E-state index in [9.17, 15) is 65.1 Å². The molecule has 0 bridgehead atoms. The van der Waals surface area contributed by atoms with Crippen LogP contribution in [0.25, 0.3) is 0 Å². The molecule has 21 nitrogen and oxygen atoms in total. The molecule has 3 aliphatic rings. The van der Waals surface area contributed by atoms with E-state index in [2.05, 4.69) is 22.9 Å². The van der Waals surface area contributed by atoms with Gasteiger partial charge in [0, 0.05) is 52.1 Å². The predicted octanol–water partition coefficient (Wildman–Crippen LogP) is -3.36. The zero-order chi connectivity index (χ0) is 44.9. The lowest BCUT2D eigenvalue weighted by Gasteiger charge is -2.39. The third kappa shape index (κ3) is 17.5. The molecule has 21 heteroatoms. The fraction of sp³-hybridized carbons (Fsp3) is 0.900. The summed E-state index contributed by atoms with van der Waals surface area (Å²) in [5, 5.41) is 96.6. The first-order valence-electron chi connectivity index (χ1n) is 21.8. The molecule has 3 rings (SSSR count). The lowest BCUT2D eigenvalue weighted by molar-refractivity contribution is -0.301. The van der Waals surface area contributed by atoms with Crippen molar-refractivity contribution in [3.63, 3.8) is 0 Å². The number of amides is 4. The number of nitrogens with one attached hydrogen (secondary N) is 3. The molecule has 3 heterocycles. The Kier molecular flexibility index (Phi) is 24.4. The Labute approximate surface area is 357 Å².